The first-order valence-corrected chi connectivity index (χ1v) is 6.99. The summed E-state index contributed by atoms with van der Waals surface area (Å²) in [5.41, 5.74) is 8.86. The molecule has 104 valence electrons. The van der Waals surface area contributed by atoms with E-state index in [1.807, 2.05) is 19.9 Å². The van der Waals surface area contributed by atoms with E-state index in [4.69, 9.17) is 22.7 Å². The van der Waals surface area contributed by atoms with Crippen molar-refractivity contribution in [2.24, 2.45) is 5.73 Å². The van der Waals surface area contributed by atoms with Crippen LogP contribution in [0.5, 0.6) is 0 Å². The summed E-state index contributed by atoms with van der Waals surface area (Å²) in [5, 5.41) is 0. The van der Waals surface area contributed by atoms with E-state index < -0.39 is 0 Å². The molecule has 4 nitrogen and oxygen atoms in total. The Balaban J connectivity index is 2.40. The molecule has 1 saturated heterocycles. The van der Waals surface area contributed by atoms with Gasteiger partial charge in [-0.1, -0.05) is 12.2 Å². The van der Waals surface area contributed by atoms with E-state index in [0.29, 0.717) is 4.99 Å². The van der Waals surface area contributed by atoms with Gasteiger partial charge >= 0.3 is 0 Å². The number of aromatic nitrogens is 1. The number of hydrogen-bond acceptors (Lipinski definition) is 4. The van der Waals surface area contributed by atoms with Crippen LogP contribution >= 0.6 is 12.2 Å². The van der Waals surface area contributed by atoms with Gasteiger partial charge < -0.3 is 15.4 Å². The van der Waals surface area contributed by atoms with Crippen molar-refractivity contribution >= 4 is 23.0 Å². The molecular weight excluding hydrogens is 258 g/mol. The zero-order valence-electron chi connectivity index (χ0n) is 11.8. The van der Waals surface area contributed by atoms with E-state index in [-0.39, 0.29) is 6.10 Å². The number of nitrogens with two attached hydrogens (primary N) is 1. The second-order valence-electron chi connectivity index (χ2n) is 5.09. The Bertz CT molecular complexity index is 490. The summed E-state index contributed by atoms with van der Waals surface area (Å²) in [6.07, 6.45) is 2.46. The minimum absolute atomic E-state index is 0.260. The molecule has 0 radical (unpaired) electrons. The average molecular weight is 279 g/mol. The largest absolute Gasteiger partial charge is 0.389 e. The standard InChI is InChI=1S/C14H21N3OS/c1-9-7-10(2)16-14(12(9)13(15)19)17-6-4-5-11(8-17)18-3/h7,11H,4-6,8H2,1-3H3,(H2,15,19). The highest BCUT2D eigenvalue weighted by Gasteiger charge is 2.24. The first-order valence-electron chi connectivity index (χ1n) is 6.58. The molecule has 5 heteroatoms. The molecule has 2 N–H and O–H groups in total. The van der Waals surface area contributed by atoms with Gasteiger partial charge in [0.1, 0.15) is 10.8 Å². The smallest absolute Gasteiger partial charge is 0.139 e. The highest BCUT2D eigenvalue weighted by atomic mass is 32.1. The third-order valence-electron chi connectivity index (χ3n) is 3.58. The van der Waals surface area contributed by atoms with E-state index >= 15 is 0 Å². The molecule has 2 heterocycles. The van der Waals surface area contributed by atoms with Gasteiger partial charge in [0.25, 0.3) is 0 Å². The molecule has 1 fully saturated rings. The normalized spacial score (nSPS) is 19.5. The fourth-order valence-corrected chi connectivity index (χ4v) is 2.93. The van der Waals surface area contributed by atoms with Crippen LogP contribution in [0.2, 0.25) is 0 Å². The van der Waals surface area contributed by atoms with Gasteiger partial charge in [0, 0.05) is 25.9 Å². The maximum Gasteiger partial charge on any atom is 0.139 e. The summed E-state index contributed by atoms with van der Waals surface area (Å²) in [7, 11) is 1.76. The predicted octanol–water partition coefficient (Wildman–Crippen LogP) is 1.95. The van der Waals surface area contributed by atoms with Gasteiger partial charge in [-0.2, -0.15) is 0 Å². The number of thiocarbonyl (C=S) groups is 1. The molecule has 1 unspecified atom stereocenters. The Kier molecular flexibility index (Phi) is 4.37. The van der Waals surface area contributed by atoms with E-state index in [1.54, 1.807) is 7.11 Å². The number of hydrogen-bond donors (Lipinski definition) is 1. The second kappa shape index (κ2) is 5.84. The zero-order chi connectivity index (χ0) is 14.0. The Labute approximate surface area is 120 Å². The van der Waals surface area contributed by atoms with Crippen molar-refractivity contribution in [2.75, 3.05) is 25.1 Å². The number of rotatable bonds is 3. The molecule has 19 heavy (non-hydrogen) atoms. The topological polar surface area (TPSA) is 51.4 Å². The molecule has 1 atom stereocenters. The maximum absolute atomic E-state index is 5.87. The lowest BCUT2D eigenvalue weighted by Crippen LogP contribution is -2.41. The third-order valence-corrected chi connectivity index (χ3v) is 3.79. The van der Waals surface area contributed by atoms with Crippen LogP contribution in [-0.4, -0.2) is 36.3 Å². The molecule has 1 aliphatic rings. The van der Waals surface area contributed by atoms with Gasteiger partial charge in [-0.25, -0.2) is 4.98 Å². The van der Waals surface area contributed by atoms with Crippen molar-refractivity contribution in [3.05, 3.63) is 22.9 Å². The predicted molar refractivity (Wildman–Crippen MR) is 81.8 cm³/mol. The van der Waals surface area contributed by atoms with Gasteiger partial charge in [-0.3, -0.25) is 0 Å². The summed E-state index contributed by atoms with van der Waals surface area (Å²) < 4.78 is 5.47. The summed E-state index contributed by atoms with van der Waals surface area (Å²) in [6.45, 7) is 5.86. The number of anilines is 1. The molecule has 0 bridgehead atoms. The maximum atomic E-state index is 5.87. The van der Waals surface area contributed by atoms with Crippen molar-refractivity contribution in [1.82, 2.24) is 4.98 Å². The number of ether oxygens (including phenoxy) is 1. The van der Waals surface area contributed by atoms with Gasteiger partial charge in [0.2, 0.25) is 0 Å². The van der Waals surface area contributed by atoms with Crippen molar-refractivity contribution in [3.8, 4) is 0 Å². The Morgan fingerprint density at radius 1 is 1.53 bits per heavy atom. The molecule has 0 saturated carbocycles. The SMILES string of the molecule is COC1CCCN(c2nc(C)cc(C)c2C(N)=S)C1. The van der Waals surface area contributed by atoms with Crippen molar-refractivity contribution in [2.45, 2.75) is 32.8 Å². The van der Waals surface area contributed by atoms with Crippen LogP contribution < -0.4 is 10.6 Å². The highest BCUT2D eigenvalue weighted by molar-refractivity contribution is 7.80. The fourth-order valence-electron chi connectivity index (χ4n) is 2.67. The Morgan fingerprint density at radius 3 is 2.89 bits per heavy atom. The van der Waals surface area contributed by atoms with Crippen LogP contribution in [0.25, 0.3) is 0 Å². The summed E-state index contributed by atoms with van der Waals surface area (Å²) in [5.74, 6) is 0.909. The first-order chi connectivity index (χ1) is 9.02. The van der Waals surface area contributed by atoms with Crippen LogP contribution in [0.3, 0.4) is 0 Å². The fraction of sp³-hybridized carbons (Fsp3) is 0.571. The lowest BCUT2D eigenvalue weighted by Gasteiger charge is -2.34. The molecule has 0 aromatic carbocycles. The number of piperidine rings is 1. The van der Waals surface area contributed by atoms with Crippen LogP contribution in [0, 0.1) is 13.8 Å². The number of aryl methyl sites for hydroxylation is 2. The van der Waals surface area contributed by atoms with Gasteiger partial charge in [-0.05, 0) is 38.3 Å². The number of nitrogens with zero attached hydrogens (tertiary/aromatic N) is 2. The molecule has 0 spiro atoms. The van der Waals surface area contributed by atoms with Crippen LogP contribution in [0.1, 0.15) is 29.7 Å². The minimum atomic E-state index is 0.260. The van der Waals surface area contributed by atoms with Gasteiger partial charge in [0.15, 0.2) is 0 Å². The summed E-state index contributed by atoms with van der Waals surface area (Å²) in [4.78, 5) is 7.31. The zero-order valence-corrected chi connectivity index (χ0v) is 12.6. The van der Waals surface area contributed by atoms with E-state index in [1.165, 1.54) is 0 Å². The molecular formula is C14H21N3OS. The highest BCUT2D eigenvalue weighted by Crippen LogP contribution is 2.26. The minimum Gasteiger partial charge on any atom is -0.389 e. The third kappa shape index (κ3) is 3.04. The lowest BCUT2D eigenvalue weighted by molar-refractivity contribution is 0.0891. The lowest BCUT2D eigenvalue weighted by atomic mass is 10.0. The second-order valence-corrected chi connectivity index (χ2v) is 5.53. The van der Waals surface area contributed by atoms with Gasteiger partial charge in [-0.15, -0.1) is 0 Å². The van der Waals surface area contributed by atoms with E-state index in [2.05, 4.69) is 9.88 Å². The summed E-state index contributed by atoms with van der Waals surface area (Å²) in [6, 6.07) is 2.02. The molecule has 2 rings (SSSR count). The molecule has 1 aliphatic heterocycles. The van der Waals surface area contributed by atoms with Gasteiger partial charge in [0.05, 0.1) is 11.7 Å². The summed E-state index contributed by atoms with van der Waals surface area (Å²) >= 11 is 5.19. The average Bonchev–Trinajstić information content (AvgIpc) is 2.37. The quantitative estimate of drug-likeness (QED) is 0.857. The first kappa shape index (κ1) is 14.2. The number of methoxy groups -OCH3 is 1. The van der Waals surface area contributed by atoms with E-state index in [9.17, 15) is 0 Å². The monoisotopic (exact) mass is 279 g/mol. The van der Waals surface area contributed by atoms with Crippen LogP contribution in [0.4, 0.5) is 5.82 Å². The molecule has 0 aliphatic carbocycles. The molecule has 1 aromatic rings. The van der Waals surface area contributed by atoms with E-state index in [0.717, 1.165) is 48.6 Å². The van der Waals surface area contributed by atoms with Crippen molar-refractivity contribution in [3.63, 3.8) is 0 Å². The molecule has 1 aromatic heterocycles. The Hall–Kier alpha value is -1.20. The van der Waals surface area contributed by atoms with Crippen LogP contribution in [-0.2, 0) is 4.74 Å². The Morgan fingerprint density at radius 2 is 2.26 bits per heavy atom. The van der Waals surface area contributed by atoms with Crippen molar-refractivity contribution < 1.29 is 4.74 Å². The number of pyridine rings is 1. The molecule has 0 amide bonds. The van der Waals surface area contributed by atoms with Crippen LogP contribution in [0.15, 0.2) is 6.07 Å². The van der Waals surface area contributed by atoms with Crippen molar-refractivity contribution in [1.29, 1.82) is 0 Å².